The van der Waals surface area contributed by atoms with Crippen LogP contribution in [0.15, 0.2) is 74.4 Å². The van der Waals surface area contributed by atoms with Crippen LogP contribution >= 0.6 is 23.5 Å². The van der Waals surface area contributed by atoms with E-state index in [0.29, 0.717) is 0 Å². The first-order chi connectivity index (χ1) is 15.1. The third kappa shape index (κ3) is 3.92. The Morgan fingerprint density at radius 3 is 2.42 bits per heavy atom. The van der Waals surface area contributed by atoms with E-state index in [1.54, 1.807) is 23.5 Å². The van der Waals surface area contributed by atoms with Gasteiger partial charge in [-0.15, -0.1) is 0 Å². The molecule has 0 aromatic heterocycles. The van der Waals surface area contributed by atoms with Gasteiger partial charge in [-0.05, 0) is 49.2 Å². The van der Waals surface area contributed by atoms with Crippen LogP contribution in [0.4, 0.5) is 5.69 Å². The van der Waals surface area contributed by atoms with Crippen molar-refractivity contribution in [1.29, 1.82) is 0 Å². The monoisotopic (exact) mass is 449 g/mol. The van der Waals surface area contributed by atoms with Gasteiger partial charge in [-0.1, -0.05) is 73.5 Å². The van der Waals surface area contributed by atoms with E-state index in [4.69, 9.17) is 4.99 Å². The van der Waals surface area contributed by atoms with Crippen molar-refractivity contribution in [2.75, 3.05) is 11.9 Å². The summed E-state index contributed by atoms with van der Waals surface area (Å²) in [7, 11) is 2.06. The Bertz CT molecular complexity index is 1040. The smallest absolute Gasteiger partial charge is 0.269 e. The van der Waals surface area contributed by atoms with E-state index in [1.807, 2.05) is 23.1 Å². The fourth-order valence-corrected chi connectivity index (χ4v) is 7.00. The number of thioether (sulfide) groups is 2. The molecule has 1 atom stereocenters. The number of amidine groups is 1. The maximum atomic E-state index is 13.7. The van der Waals surface area contributed by atoms with Gasteiger partial charge in [0.25, 0.3) is 5.91 Å². The first-order valence-corrected chi connectivity index (χ1v) is 12.7. The predicted octanol–water partition coefficient (Wildman–Crippen LogP) is 6.42. The molecule has 4 nitrogen and oxygen atoms in total. The zero-order chi connectivity index (χ0) is 21.4. The van der Waals surface area contributed by atoms with Crippen LogP contribution in [0.1, 0.15) is 50.6 Å². The van der Waals surface area contributed by atoms with Crippen molar-refractivity contribution in [3.63, 3.8) is 0 Å². The Morgan fingerprint density at radius 1 is 0.968 bits per heavy atom. The topological polar surface area (TPSA) is 35.9 Å². The molecule has 1 unspecified atom stereocenters. The third-order valence-electron chi connectivity index (χ3n) is 6.27. The summed E-state index contributed by atoms with van der Waals surface area (Å²) in [6.45, 7) is 2.11. The van der Waals surface area contributed by atoms with Gasteiger partial charge in [-0.2, -0.15) is 0 Å². The highest BCUT2D eigenvalue weighted by Gasteiger charge is 2.42. The van der Waals surface area contributed by atoms with Crippen molar-refractivity contribution >= 4 is 40.3 Å². The van der Waals surface area contributed by atoms with Crippen LogP contribution in [0.3, 0.4) is 0 Å². The summed E-state index contributed by atoms with van der Waals surface area (Å²) in [6, 6.07) is 19.0. The number of anilines is 1. The molecule has 160 valence electrons. The first-order valence-electron chi connectivity index (χ1n) is 11.0. The van der Waals surface area contributed by atoms with Crippen LogP contribution in [0.2, 0.25) is 0 Å². The quantitative estimate of drug-likeness (QED) is 0.506. The van der Waals surface area contributed by atoms with E-state index < -0.39 is 0 Å². The summed E-state index contributed by atoms with van der Waals surface area (Å²) in [4.78, 5) is 25.0. The molecule has 31 heavy (non-hydrogen) atoms. The first kappa shape index (κ1) is 20.7. The lowest BCUT2D eigenvalue weighted by Crippen LogP contribution is -2.40. The standard InChI is InChI=1S/C25H27N3OS2/c1-17(18-11-5-3-6-12-18)26-25-28(19-13-7-4-8-14-19)23(29)22(31-25)24-27(2)20-15-9-10-16-21(20)30-24/h3,5-6,9-12,15-17,19H,4,7-8,13-14H2,1-2H3/b24-22-,26-25?. The Kier molecular flexibility index (Phi) is 5.85. The normalized spacial score (nSPS) is 24.2. The van der Waals surface area contributed by atoms with Crippen LogP contribution in [-0.2, 0) is 4.79 Å². The average molecular weight is 450 g/mol. The Hall–Kier alpha value is -2.18. The van der Waals surface area contributed by atoms with Gasteiger partial charge < -0.3 is 4.90 Å². The van der Waals surface area contributed by atoms with Crippen LogP contribution < -0.4 is 4.90 Å². The minimum absolute atomic E-state index is 0.0121. The molecular weight excluding hydrogens is 422 g/mol. The van der Waals surface area contributed by atoms with Crippen molar-refractivity contribution in [3.8, 4) is 0 Å². The summed E-state index contributed by atoms with van der Waals surface area (Å²) >= 11 is 3.25. The van der Waals surface area contributed by atoms with E-state index in [-0.39, 0.29) is 18.0 Å². The molecule has 0 N–H and O–H groups in total. The highest BCUT2D eigenvalue weighted by molar-refractivity contribution is 8.19. The summed E-state index contributed by atoms with van der Waals surface area (Å²) in [5, 5.41) is 1.88. The lowest BCUT2D eigenvalue weighted by molar-refractivity contribution is -0.124. The number of rotatable bonds is 3. The van der Waals surface area contributed by atoms with Gasteiger partial charge in [0.05, 0.1) is 16.8 Å². The molecular formula is C25H27N3OS2. The van der Waals surface area contributed by atoms with Crippen molar-refractivity contribution in [2.24, 2.45) is 4.99 Å². The second kappa shape index (κ2) is 8.75. The number of amides is 1. The van der Waals surface area contributed by atoms with Crippen molar-refractivity contribution < 1.29 is 4.79 Å². The summed E-state index contributed by atoms with van der Waals surface area (Å²) in [5.41, 5.74) is 2.34. The number of benzene rings is 2. The van der Waals surface area contributed by atoms with Gasteiger partial charge in [0.2, 0.25) is 0 Å². The van der Waals surface area contributed by atoms with Crippen molar-refractivity contribution in [3.05, 3.63) is 70.1 Å². The van der Waals surface area contributed by atoms with Gasteiger partial charge in [0.1, 0.15) is 4.91 Å². The summed E-state index contributed by atoms with van der Waals surface area (Å²) < 4.78 is 0. The second-order valence-corrected chi connectivity index (χ2v) is 10.3. The number of hydrogen-bond acceptors (Lipinski definition) is 5. The van der Waals surface area contributed by atoms with Crippen molar-refractivity contribution in [2.45, 2.75) is 56.0 Å². The number of fused-ring (bicyclic) bond motifs is 1. The largest absolute Gasteiger partial charge is 0.337 e. The second-order valence-electron chi connectivity index (χ2n) is 8.33. The average Bonchev–Trinajstić information content (AvgIpc) is 3.31. The Morgan fingerprint density at radius 2 is 1.68 bits per heavy atom. The number of nitrogens with zero attached hydrogens (tertiary/aromatic N) is 3. The number of para-hydroxylation sites is 1. The molecule has 1 aliphatic carbocycles. The molecule has 2 aromatic rings. The van der Waals surface area contributed by atoms with E-state index in [9.17, 15) is 4.79 Å². The highest BCUT2D eigenvalue weighted by atomic mass is 32.2. The lowest BCUT2D eigenvalue weighted by Gasteiger charge is -2.30. The SMILES string of the molecule is CC(N=C1S/C(=C2\Sc3ccccc3N2C)C(=O)N1C1CCCCC1)c1ccccc1. The fraction of sp³-hybridized carbons (Fsp3) is 0.360. The van der Waals surface area contributed by atoms with Crippen LogP contribution in [0.25, 0.3) is 0 Å². The zero-order valence-electron chi connectivity index (χ0n) is 18.0. The maximum absolute atomic E-state index is 13.7. The fourth-order valence-electron chi connectivity index (χ4n) is 4.54. The summed E-state index contributed by atoms with van der Waals surface area (Å²) in [5.74, 6) is 0.123. The molecule has 2 aliphatic heterocycles. The van der Waals surface area contributed by atoms with Crippen LogP contribution in [0, 0.1) is 0 Å². The molecule has 0 bridgehead atoms. The van der Waals surface area contributed by atoms with Gasteiger partial charge in [-0.25, -0.2) is 0 Å². The van der Waals surface area contributed by atoms with Gasteiger partial charge >= 0.3 is 0 Å². The van der Waals surface area contributed by atoms with Gasteiger partial charge in [0, 0.05) is 18.0 Å². The van der Waals surface area contributed by atoms with Crippen LogP contribution in [0.5, 0.6) is 0 Å². The molecule has 5 rings (SSSR count). The zero-order valence-corrected chi connectivity index (χ0v) is 19.6. The van der Waals surface area contributed by atoms with E-state index in [0.717, 1.165) is 33.6 Å². The Balaban J connectivity index is 1.52. The van der Waals surface area contributed by atoms with Gasteiger partial charge in [0.15, 0.2) is 5.17 Å². The van der Waals surface area contributed by atoms with Crippen LogP contribution in [-0.4, -0.2) is 29.1 Å². The molecule has 2 heterocycles. The number of hydrogen-bond donors (Lipinski definition) is 0. The van der Waals surface area contributed by atoms with Gasteiger partial charge in [-0.3, -0.25) is 14.7 Å². The molecule has 3 aliphatic rings. The molecule has 2 aromatic carbocycles. The van der Waals surface area contributed by atoms with E-state index >= 15 is 0 Å². The van der Waals surface area contributed by atoms with E-state index in [2.05, 4.69) is 55.3 Å². The molecule has 0 radical (unpaired) electrons. The van der Waals surface area contributed by atoms with Crippen molar-refractivity contribution in [1.82, 2.24) is 4.90 Å². The summed E-state index contributed by atoms with van der Waals surface area (Å²) in [6.07, 6.45) is 5.77. The Labute approximate surface area is 192 Å². The molecule has 1 saturated heterocycles. The molecule has 2 fully saturated rings. The number of aliphatic imine (C=N–C) groups is 1. The number of carbonyl (C=O) groups excluding carboxylic acids is 1. The minimum Gasteiger partial charge on any atom is -0.337 e. The minimum atomic E-state index is 0.0121. The lowest BCUT2D eigenvalue weighted by atomic mass is 9.94. The molecule has 1 saturated carbocycles. The number of carbonyl (C=O) groups is 1. The predicted molar refractivity (Wildman–Crippen MR) is 131 cm³/mol. The molecule has 0 spiro atoms. The van der Waals surface area contributed by atoms with E-state index in [1.165, 1.54) is 29.7 Å². The molecule has 1 amide bonds. The maximum Gasteiger partial charge on any atom is 0.269 e. The highest BCUT2D eigenvalue weighted by Crippen LogP contribution is 2.50. The molecule has 6 heteroatoms. The third-order valence-corrected chi connectivity index (χ3v) is 8.69.